The van der Waals surface area contributed by atoms with E-state index in [1.165, 1.54) is 12.4 Å². The SMILES string of the molecule is CC(C)S(=O)(=O)c1ncccc1Nc1nc(Cl)ncc1Cl. The second-order valence-electron chi connectivity index (χ2n) is 4.41. The monoisotopic (exact) mass is 346 g/mol. The zero-order chi connectivity index (χ0) is 15.6. The maximum absolute atomic E-state index is 12.3. The molecule has 0 saturated heterocycles. The van der Waals surface area contributed by atoms with Crippen molar-refractivity contribution in [3.05, 3.63) is 34.8 Å². The maximum atomic E-state index is 12.3. The lowest BCUT2D eigenvalue weighted by atomic mass is 10.4. The molecule has 112 valence electrons. The van der Waals surface area contributed by atoms with Crippen molar-refractivity contribution in [2.45, 2.75) is 24.1 Å². The van der Waals surface area contributed by atoms with Crippen LogP contribution < -0.4 is 5.32 Å². The number of halogens is 2. The van der Waals surface area contributed by atoms with E-state index >= 15 is 0 Å². The lowest BCUT2D eigenvalue weighted by Gasteiger charge is -2.13. The van der Waals surface area contributed by atoms with Gasteiger partial charge in [0.25, 0.3) is 0 Å². The third kappa shape index (κ3) is 3.42. The normalized spacial score (nSPS) is 11.7. The smallest absolute Gasteiger partial charge is 0.224 e. The molecule has 2 aromatic rings. The van der Waals surface area contributed by atoms with Gasteiger partial charge in [-0.25, -0.2) is 18.4 Å². The fourth-order valence-corrected chi connectivity index (χ4v) is 2.85. The third-order valence-corrected chi connectivity index (χ3v) is 5.19. The number of hydrogen-bond donors (Lipinski definition) is 1. The van der Waals surface area contributed by atoms with Gasteiger partial charge in [-0.1, -0.05) is 11.6 Å². The standard InChI is InChI=1S/C12H12Cl2N4O2S/c1-7(2)21(19,20)11-9(4-3-5-15-11)17-10-8(13)6-16-12(14)18-10/h3-7H,1-2H3,(H,16,17,18). The van der Waals surface area contributed by atoms with Crippen LogP contribution in [0.25, 0.3) is 0 Å². The summed E-state index contributed by atoms with van der Waals surface area (Å²) in [5.41, 5.74) is 0.280. The summed E-state index contributed by atoms with van der Waals surface area (Å²) in [6.45, 7) is 3.17. The van der Waals surface area contributed by atoms with Crippen LogP contribution in [0.3, 0.4) is 0 Å². The predicted octanol–water partition coefficient (Wildman–Crippen LogP) is 3.10. The summed E-state index contributed by atoms with van der Waals surface area (Å²) >= 11 is 11.7. The largest absolute Gasteiger partial charge is 0.336 e. The van der Waals surface area contributed by atoms with Gasteiger partial charge in [-0.15, -0.1) is 0 Å². The van der Waals surface area contributed by atoms with Gasteiger partial charge >= 0.3 is 0 Å². The molecule has 0 aromatic carbocycles. The number of nitrogens with one attached hydrogen (secondary N) is 1. The lowest BCUT2D eigenvalue weighted by Crippen LogP contribution is -2.17. The minimum Gasteiger partial charge on any atom is -0.336 e. The van der Waals surface area contributed by atoms with Crippen molar-refractivity contribution < 1.29 is 8.42 Å². The Balaban J connectivity index is 2.49. The van der Waals surface area contributed by atoms with Crippen LogP contribution in [0.1, 0.15) is 13.8 Å². The van der Waals surface area contributed by atoms with E-state index in [0.29, 0.717) is 0 Å². The van der Waals surface area contributed by atoms with Crippen molar-refractivity contribution in [1.82, 2.24) is 15.0 Å². The predicted molar refractivity (Wildman–Crippen MR) is 81.9 cm³/mol. The molecule has 1 N–H and O–H groups in total. The second-order valence-corrected chi connectivity index (χ2v) is 7.58. The van der Waals surface area contributed by atoms with E-state index in [1.54, 1.807) is 26.0 Å². The zero-order valence-corrected chi connectivity index (χ0v) is 13.5. The van der Waals surface area contributed by atoms with Crippen molar-refractivity contribution in [2.24, 2.45) is 0 Å². The summed E-state index contributed by atoms with van der Waals surface area (Å²) in [7, 11) is -3.54. The quantitative estimate of drug-likeness (QED) is 0.856. The molecule has 0 atom stereocenters. The van der Waals surface area contributed by atoms with Gasteiger partial charge < -0.3 is 5.32 Å². The molecule has 2 rings (SSSR count). The van der Waals surface area contributed by atoms with Gasteiger partial charge in [-0.3, -0.25) is 0 Å². The molecule has 0 amide bonds. The number of pyridine rings is 1. The number of aromatic nitrogens is 3. The Kier molecular flexibility index (Phi) is 4.65. The highest BCUT2D eigenvalue weighted by atomic mass is 35.5. The van der Waals surface area contributed by atoms with Gasteiger partial charge in [0, 0.05) is 6.20 Å². The highest BCUT2D eigenvalue weighted by Gasteiger charge is 2.24. The molecule has 0 radical (unpaired) electrons. The summed E-state index contributed by atoms with van der Waals surface area (Å²) in [6, 6.07) is 3.19. The average Bonchev–Trinajstić information content (AvgIpc) is 2.43. The molecule has 0 aliphatic rings. The first-order valence-corrected chi connectivity index (χ1v) is 8.26. The summed E-state index contributed by atoms with van der Waals surface area (Å²) in [4.78, 5) is 11.6. The van der Waals surface area contributed by atoms with E-state index in [0.717, 1.165) is 0 Å². The van der Waals surface area contributed by atoms with Crippen LogP contribution in [0.15, 0.2) is 29.6 Å². The molecule has 0 spiro atoms. The summed E-state index contributed by atoms with van der Waals surface area (Å²) < 4.78 is 24.6. The van der Waals surface area contributed by atoms with Crippen LogP contribution in [0.5, 0.6) is 0 Å². The third-order valence-electron chi connectivity index (χ3n) is 2.63. The van der Waals surface area contributed by atoms with Crippen LogP contribution in [0.4, 0.5) is 11.5 Å². The summed E-state index contributed by atoms with van der Waals surface area (Å²) in [5.74, 6) is 0.213. The van der Waals surface area contributed by atoms with Gasteiger partial charge in [-0.2, -0.15) is 4.98 Å². The Hall–Kier alpha value is -1.44. The molecule has 2 aromatic heterocycles. The van der Waals surface area contributed by atoms with Crippen LogP contribution in [0, 0.1) is 0 Å². The van der Waals surface area contributed by atoms with Gasteiger partial charge in [0.2, 0.25) is 5.28 Å². The van der Waals surface area contributed by atoms with Crippen molar-refractivity contribution in [3.8, 4) is 0 Å². The van der Waals surface area contributed by atoms with Crippen LogP contribution in [-0.4, -0.2) is 28.6 Å². The van der Waals surface area contributed by atoms with Gasteiger partial charge in [0.15, 0.2) is 20.7 Å². The number of hydrogen-bond acceptors (Lipinski definition) is 6. The Labute approximate surface area is 132 Å². The molecular weight excluding hydrogens is 335 g/mol. The van der Waals surface area contributed by atoms with E-state index in [2.05, 4.69) is 20.3 Å². The second kappa shape index (κ2) is 6.13. The molecule has 0 fully saturated rings. The van der Waals surface area contributed by atoms with Crippen molar-refractivity contribution >= 4 is 44.5 Å². The number of sulfone groups is 1. The fourth-order valence-electron chi connectivity index (χ4n) is 1.50. The first-order valence-electron chi connectivity index (χ1n) is 5.96. The molecule has 0 bridgehead atoms. The highest BCUT2D eigenvalue weighted by molar-refractivity contribution is 7.92. The molecule has 0 aliphatic heterocycles. The minimum atomic E-state index is -3.54. The number of nitrogens with zero attached hydrogens (tertiary/aromatic N) is 3. The zero-order valence-electron chi connectivity index (χ0n) is 11.2. The van der Waals surface area contributed by atoms with Crippen LogP contribution in [-0.2, 0) is 9.84 Å². The summed E-state index contributed by atoms with van der Waals surface area (Å²) in [6.07, 6.45) is 2.74. The minimum absolute atomic E-state index is 0.000873. The van der Waals surface area contributed by atoms with E-state index < -0.39 is 15.1 Å². The fraction of sp³-hybridized carbons (Fsp3) is 0.250. The molecule has 9 heteroatoms. The van der Waals surface area contributed by atoms with Crippen LogP contribution >= 0.6 is 23.2 Å². The molecule has 21 heavy (non-hydrogen) atoms. The number of anilines is 2. The molecule has 2 heterocycles. The van der Waals surface area contributed by atoms with Crippen LogP contribution in [0.2, 0.25) is 10.3 Å². The molecular formula is C12H12Cl2N4O2S. The van der Waals surface area contributed by atoms with Gasteiger partial charge in [0.05, 0.1) is 17.1 Å². The molecule has 6 nitrogen and oxygen atoms in total. The maximum Gasteiger partial charge on any atom is 0.224 e. The van der Waals surface area contributed by atoms with E-state index in [4.69, 9.17) is 23.2 Å². The van der Waals surface area contributed by atoms with E-state index in [1.807, 2.05) is 0 Å². The molecule has 0 aliphatic carbocycles. The molecule has 0 saturated carbocycles. The van der Waals surface area contributed by atoms with Crippen molar-refractivity contribution in [3.63, 3.8) is 0 Å². The Morgan fingerprint density at radius 2 is 1.95 bits per heavy atom. The average molecular weight is 347 g/mol. The molecule has 0 unspecified atom stereocenters. The Morgan fingerprint density at radius 1 is 1.24 bits per heavy atom. The Morgan fingerprint density at radius 3 is 2.62 bits per heavy atom. The summed E-state index contributed by atoms with van der Waals surface area (Å²) in [5, 5.41) is 2.39. The van der Waals surface area contributed by atoms with E-state index in [-0.39, 0.29) is 26.8 Å². The topological polar surface area (TPSA) is 84.8 Å². The highest BCUT2D eigenvalue weighted by Crippen LogP contribution is 2.28. The number of rotatable bonds is 4. The van der Waals surface area contributed by atoms with Crippen molar-refractivity contribution in [1.29, 1.82) is 0 Å². The lowest BCUT2D eigenvalue weighted by molar-refractivity contribution is 0.584. The van der Waals surface area contributed by atoms with Gasteiger partial charge in [0.1, 0.15) is 5.02 Å². The van der Waals surface area contributed by atoms with Crippen molar-refractivity contribution in [2.75, 3.05) is 5.32 Å². The first kappa shape index (κ1) is 15.9. The van der Waals surface area contributed by atoms with E-state index in [9.17, 15) is 8.42 Å². The first-order chi connectivity index (χ1) is 9.82. The Bertz CT molecular complexity index is 766. The van der Waals surface area contributed by atoms with Gasteiger partial charge in [-0.05, 0) is 37.6 Å².